The normalized spacial score (nSPS) is 18.9. The number of piperidine rings is 1. The van der Waals surface area contributed by atoms with Crippen molar-refractivity contribution in [2.24, 2.45) is 5.92 Å². The van der Waals surface area contributed by atoms with Gasteiger partial charge >= 0.3 is 0 Å². The van der Waals surface area contributed by atoms with E-state index in [4.69, 9.17) is 10.8 Å². The number of aliphatic hydroxyl groups excluding tert-OH is 1. The number of anilines is 1. The molecule has 18 heavy (non-hydrogen) atoms. The summed E-state index contributed by atoms with van der Waals surface area (Å²) in [4.78, 5) is 0.241. The van der Waals surface area contributed by atoms with Gasteiger partial charge in [-0.15, -0.1) is 0 Å². The first-order chi connectivity index (χ1) is 8.54. The summed E-state index contributed by atoms with van der Waals surface area (Å²) in [6.07, 6.45) is 1.41. The van der Waals surface area contributed by atoms with Gasteiger partial charge in [-0.2, -0.15) is 4.31 Å². The van der Waals surface area contributed by atoms with Crippen LogP contribution in [0, 0.1) is 5.92 Å². The number of aliphatic hydroxyl groups is 1. The highest BCUT2D eigenvalue weighted by Gasteiger charge is 2.29. The van der Waals surface area contributed by atoms with Crippen LogP contribution < -0.4 is 5.73 Å². The Morgan fingerprint density at radius 2 is 2.00 bits per heavy atom. The van der Waals surface area contributed by atoms with Crippen molar-refractivity contribution in [1.82, 2.24) is 4.31 Å². The van der Waals surface area contributed by atoms with Gasteiger partial charge in [-0.3, -0.25) is 0 Å². The number of benzene rings is 1. The van der Waals surface area contributed by atoms with Gasteiger partial charge in [0.25, 0.3) is 0 Å². The van der Waals surface area contributed by atoms with Gasteiger partial charge in [0.2, 0.25) is 10.0 Å². The van der Waals surface area contributed by atoms with Crippen molar-refractivity contribution in [3.05, 3.63) is 24.3 Å². The third-order valence-corrected chi connectivity index (χ3v) is 5.22. The molecule has 0 atom stereocenters. The van der Waals surface area contributed by atoms with E-state index in [0.29, 0.717) is 31.6 Å². The molecule has 0 bridgehead atoms. The summed E-state index contributed by atoms with van der Waals surface area (Å²) in [5, 5.41) is 9.05. The number of rotatable bonds is 3. The molecule has 1 heterocycles. The van der Waals surface area contributed by atoms with E-state index in [-0.39, 0.29) is 17.4 Å². The molecule has 1 aliphatic heterocycles. The van der Waals surface area contributed by atoms with E-state index in [2.05, 4.69) is 0 Å². The summed E-state index contributed by atoms with van der Waals surface area (Å²) in [6, 6.07) is 6.34. The SMILES string of the molecule is Nc1cccc(S(=O)(=O)N2CCC(CO)CC2)c1. The quantitative estimate of drug-likeness (QED) is 0.790. The Bertz CT molecular complexity index is 508. The first-order valence-electron chi connectivity index (χ1n) is 6.00. The van der Waals surface area contributed by atoms with Crippen molar-refractivity contribution in [2.45, 2.75) is 17.7 Å². The van der Waals surface area contributed by atoms with E-state index < -0.39 is 10.0 Å². The molecule has 0 unspecified atom stereocenters. The number of hydrogen-bond acceptors (Lipinski definition) is 4. The van der Waals surface area contributed by atoms with Crippen molar-refractivity contribution in [2.75, 3.05) is 25.4 Å². The second-order valence-corrected chi connectivity index (χ2v) is 6.54. The van der Waals surface area contributed by atoms with E-state index in [9.17, 15) is 8.42 Å². The highest BCUT2D eigenvalue weighted by Crippen LogP contribution is 2.24. The number of nitrogen functional groups attached to an aromatic ring is 1. The lowest BCUT2D eigenvalue weighted by atomic mass is 10.00. The van der Waals surface area contributed by atoms with Gasteiger partial charge in [0.15, 0.2) is 0 Å². The molecule has 0 spiro atoms. The van der Waals surface area contributed by atoms with Gasteiger partial charge in [0, 0.05) is 25.4 Å². The molecule has 3 N–H and O–H groups in total. The van der Waals surface area contributed by atoms with Crippen LogP contribution in [0.3, 0.4) is 0 Å². The molecular weight excluding hydrogens is 252 g/mol. The molecule has 1 aromatic carbocycles. The average Bonchev–Trinajstić information content (AvgIpc) is 2.39. The van der Waals surface area contributed by atoms with Crippen molar-refractivity contribution in [3.63, 3.8) is 0 Å². The number of nitrogens with two attached hydrogens (primary N) is 1. The van der Waals surface area contributed by atoms with Gasteiger partial charge in [0.1, 0.15) is 0 Å². The Kier molecular flexibility index (Phi) is 3.89. The lowest BCUT2D eigenvalue weighted by molar-refractivity contribution is 0.170. The Labute approximate surface area is 107 Å². The van der Waals surface area contributed by atoms with Gasteiger partial charge in [-0.05, 0) is 37.0 Å². The summed E-state index contributed by atoms with van der Waals surface area (Å²) in [5.74, 6) is 0.220. The second kappa shape index (κ2) is 5.26. The van der Waals surface area contributed by atoms with Crippen LogP contribution in [-0.4, -0.2) is 37.5 Å². The molecule has 1 saturated heterocycles. The minimum Gasteiger partial charge on any atom is -0.399 e. The lowest BCUT2D eigenvalue weighted by Crippen LogP contribution is -2.39. The molecule has 1 aliphatic rings. The van der Waals surface area contributed by atoms with Crippen LogP contribution in [0.4, 0.5) is 5.69 Å². The zero-order chi connectivity index (χ0) is 13.2. The molecule has 0 amide bonds. The Balaban J connectivity index is 2.17. The molecule has 6 heteroatoms. The van der Waals surface area contributed by atoms with Crippen molar-refractivity contribution in [1.29, 1.82) is 0 Å². The molecular formula is C12H18N2O3S. The van der Waals surface area contributed by atoms with E-state index in [0.717, 1.165) is 0 Å². The van der Waals surface area contributed by atoms with Gasteiger partial charge in [0.05, 0.1) is 4.90 Å². The van der Waals surface area contributed by atoms with E-state index >= 15 is 0 Å². The molecule has 0 aliphatic carbocycles. The summed E-state index contributed by atoms with van der Waals surface area (Å²) < 4.78 is 26.2. The van der Waals surface area contributed by atoms with Crippen LogP contribution in [0.25, 0.3) is 0 Å². The van der Waals surface area contributed by atoms with Crippen molar-refractivity contribution < 1.29 is 13.5 Å². The Morgan fingerprint density at radius 3 is 2.56 bits per heavy atom. The summed E-state index contributed by atoms with van der Waals surface area (Å²) in [5.41, 5.74) is 6.06. The van der Waals surface area contributed by atoms with Gasteiger partial charge in [-0.1, -0.05) is 6.07 Å². The molecule has 0 radical (unpaired) electrons. The predicted octanol–water partition coefficient (Wildman–Crippen LogP) is 0.662. The zero-order valence-electron chi connectivity index (χ0n) is 10.1. The molecule has 5 nitrogen and oxygen atoms in total. The minimum atomic E-state index is -3.44. The van der Waals surface area contributed by atoms with Crippen LogP contribution in [0.2, 0.25) is 0 Å². The minimum absolute atomic E-state index is 0.131. The van der Waals surface area contributed by atoms with Crippen LogP contribution in [0.5, 0.6) is 0 Å². The van der Waals surface area contributed by atoms with E-state index in [1.54, 1.807) is 18.2 Å². The smallest absolute Gasteiger partial charge is 0.243 e. The predicted molar refractivity (Wildman–Crippen MR) is 69.4 cm³/mol. The summed E-state index contributed by atoms with van der Waals surface area (Å²) >= 11 is 0. The van der Waals surface area contributed by atoms with Crippen LogP contribution in [-0.2, 0) is 10.0 Å². The van der Waals surface area contributed by atoms with Crippen molar-refractivity contribution >= 4 is 15.7 Å². The van der Waals surface area contributed by atoms with Crippen LogP contribution in [0.15, 0.2) is 29.2 Å². The molecule has 100 valence electrons. The first kappa shape index (κ1) is 13.3. The monoisotopic (exact) mass is 270 g/mol. The van der Waals surface area contributed by atoms with E-state index in [1.807, 2.05) is 0 Å². The molecule has 0 saturated carbocycles. The molecule has 0 aromatic heterocycles. The van der Waals surface area contributed by atoms with Gasteiger partial charge in [-0.25, -0.2) is 8.42 Å². The fraction of sp³-hybridized carbons (Fsp3) is 0.500. The maximum atomic E-state index is 12.3. The number of sulfonamides is 1. The van der Waals surface area contributed by atoms with Crippen LogP contribution >= 0.6 is 0 Å². The number of hydrogen-bond donors (Lipinski definition) is 2. The Hall–Kier alpha value is -1.11. The lowest BCUT2D eigenvalue weighted by Gasteiger charge is -2.30. The third kappa shape index (κ3) is 2.66. The highest BCUT2D eigenvalue weighted by molar-refractivity contribution is 7.89. The molecule has 2 rings (SSSR count). The second-order valence-electron chi connectivity index (χ2n) is 4.60. The first-order valence-corrected chi connectivity index (χ1v) is 7.44. The van der Waals surface area contributed by atoms with Gasteiger partial charge < -0.3 is 10.8 Å². The van der Waals surface area contributed by atoms with Crippen molar-refractivity contribution in [3.8, 4) is 0 Å². The number of nitrogens with zero attached hydrogens (tertiary/aromatic N) is 1. The Morgan fingerprint density at radius 1 is 1.33 bits per heavy atom. The third-order valence-electron chi connectivity index (χ3n) is 3.33. The fourth-order valence-electron chi connectivity index (χ4n) is 2.16. The van der Waals surface area contributed by atoms with E-state index in [1.165, 1.54) is 10.4 Å². The average molecular weight is 270 g/mol. The largest absolute Gasteiger partial charge is 0.399 e. The fourth-order valence-corrected chi connectivity index (χ4v) is 3.68. The zero-order valence-corrected chi connectivity index (χ0v) is 10.9. The summed E-state index contributed by atoms with van der Waals surface area (Å²) in [7, 11) is -3.44. The molecule has 1 aromatic rings. The maximum Gasteiger partial charge on any atom is 0.243 e. The summed E-state index contributed by atoms with van der Waals surface area (Å²) in [6.45, 7) is 1.05. The topological polar surface area (TPSA) is 83.6 Å². The highest BCUT2D eigenvalue weighted by atomic mass is 32.2. The standard InChI is InChI=1S/C12H18N2O3S/c13-11-2-1-3-12(8-11)18(16,17)14-6-4-10(9-15)5-7-14/h1-3,8,10,15H,4-7,9,13H2. The maximum absolute atomic E-state index is 12.3. The molecule has 1 fully saturated rings. The van der Waals surface area contributed by atoms with Crippen LogP contribution in [0.1, 0.15) is 12.8 Å².